The molecular weight excluding hydrogens is 192 g/mol. The van der Waals surface area contributed by atoms with Gasteiger partial charge in [-0.05, 0) is 26.4 Å². The minimum Gasteiger partial charge on any atom is -0.464 e. The molecule has 1 N–H and O–H groups in total. The molecule has 4 heteroatoms. The first-order valence-corrected chi connectivity index (χ1v) is 5.90. The number of hydrogen-bond acceptors (Lipinski definition) is 4. The zero-order valence-corrected chi connectivity index (χ0v) is 9.37. The number of carbonyl (C=O) groups excluding carboxylic acids is 1. The third-order valence-electron chi connectivity index (χ3n) is 3.42. The maximum Gasteiger partial charge on any atom is 0.323 e. The molecule has 0 aromatic rings. The molecule has 0 aromatic carbocycles. The molecule has 4 nitrogen and oxygen atoms in total. The van der Waals surface area contributed by atoms with E-state index in [4.69, 9.17) is 4.74 Å². The van der Waals surface area contributed by atoms with Crippen molar-refractivity contribution in [2.75, 3.05) is 26.7 Å². The molecule has 0 aliphatic carbocycles. The van der Waals surface area contributed by atoms with Crippen LogP contribution in [0.5, 0.6) is 0 Å². The Morgan fingerprint density at radius 1 is 1.47 bits per heavy atom. The highest BCUT2D eigenvalue weighted by Crippen LogP contribution is 2.23. The summed E-state index contributed by atoms with van der Waals surface area (Å²) in [4.78, 5) is 13.9. The second kappa shape index (κ2) is 4.94. The molecule has 2 saturated heterocycles. The van der Waals surface area contributed by atoms with Crippen LogP contribution in [0.2, 0.25) is 0 Å². The van der Waals surface area contributed by atoms with Crippen molar-refractivity contribution in [2.45, 2.75) is 37.8 Å². The van der Waals surface area contributed by atoms with Crippen LogP contribution in [0.15, 0.2) is 0 Å². The smallest absolute Gasteiger partial charge is 0.323 e. The molecule has 86 valence electrons. The van der Waals surface area contributed by atoms with Crippen LogP contribution in [-0.2, 0) is 9.53 Å². The number of carbonyl (C=O) groups is 1. The Balaban J connectivity index is 2.00. The Labute approximate surface area is 91.0 Å². The van der Waals surface area contributed by atoms with Gasteiger partial charge in [0.05, 0.1) is 6.61 Å². The number of nitrogens with zero attached hydrogens (tertiary/aromatic N) is 1. The largest absolute Gasteiger partial charge is 0.464 e. The van der Waals surface area contributed by atoms with Crippen LogP contribution in [0.3, 0.4) is 0 Å². The second-order valence-electron chi connectivity index (χ2n) is 4.42. The number of ether oxygens (including phenoxy) is 1. The fourth-order valence-electron chi connectivity index (χ4n) is 2.67. The standard InChI is InChI=1S/C11H20N2O2/c1-12-8-9-4-2-3-6-13(9)10-5-7-15-11(10)14/h9-10,12H,2-8H2,1H3. The van der Waals surface area contributed by atoms with E-state index in [-0.39, 0.29) is 12.0 Å². The zero-order valence-electron chi connectivity index (χ0n) is 9.37. The summed E-state index contributed by atoms with van der Waals surface area (Å²) in [5, 5.41) is 3.21. The third kappa shape index (κ3) is 2.32. The van der Waals surface area contributed by atoms with Gasteiger partial charge < -0.3 is 10.1 Å². The number of likely N-dealkylation sites (N-methyl/N-ethyl adjacent to an activating group) is 1. The Hall–Kier alpha value is -0.610. The van der Waals surface area contributed by atoms with Gasteiger partial charge in [-0.2, -0.15) is 0 Å². The van der Waals surface area contributed by atoms with E-state index >= 15 is 0 Å². The monoisotopic (exact) mass is 212 g/mol. The molecule has 0 radical (unpaired) electrons. The number of cyclic esters (lactones) is 1. The van der Waals surface area contributed by atoms with Gasteiger partial charge in [-0.15, -0.1) is 0 Å². The van der Waals surface area contributed by atoms with Gasteiger partial charge in [-0.25, -0.2) is 0 Å². The maximum absolute atomic E-state index is 11.5. The summed E-state index contributed by atoms with van der Waals surface area (Å²) in [6.45, 7) is 2.63. The van der Waals surface area contributed by atoms with Gasteiger partial charge in [-0.1, -0.05) is 6.42 Å². The second-order valence-corrected chi connectivity index (χ2v) is 4.42. The first-order valence-electron chi connectivity index (χ1n) is 5.90. The Kier molecular flexibility index (Phi) is 3.59. The van der Waals surface area contributed by atoms with Crippen molar-refractivity contribution in [2.24, 2.45) is 0 Å². The predicted octanol–water partition coefficient (Wildman–Crippen LogP) is 0.376. The highest BCUT2D eigenvalue weighted by atomic mass is 16.5. The van der Waals surface area contributed by atoms with Crippen LogP contribution in [0, 0.1) is 0 Å². The van der Waals surface area contributed by atoms with Gasteiger partial charge >= 0.3 is 5.97 Å². The average Bonchev–Trinajstić information content (AvgIpc) is 2.66. The average molecular weight is 212 g/mol. The normalized spacial score (nSPS) is 33.0. The minimum atomic E-state index is -0.0157. The van der Waals surface area contributed by atoms with Crippen molar-refractivity contribution >= 4 is 5.97 Å². The van der Waals surface area contributed by atoms with Crippen molar-refractivity contribution in [3.8, 4) is 0 Å². The molecular formula is C11H20N2O2. The van der Waals surface area contributed by atoms with Crippen molar-refractivity contribution in [3.63, 3.8) is 0 Å². The van der Waals surface area contributed by atoms with Crippen LogP contribution in [-0.4, -0.2) is 49.7 Å². The molecule has 2 fully saturated rings. The molecule has 0 bridgehead atoms. The van der Waals surface area contributed by atoms with E-state index in [2.05, 4.69) is 10.2 Å². The summed E-state index contributed by atoms with van der Waals surface area (Å²) in [6.07, 6.45) is 4.57. The number of rotatable bonds is 3. The van der Waals surface area contributed by atoms with Crippen LogP contribution in [0.25, 0.3) is 0 Å². The number of nitrogens with one attached hydrogen (secondary N) is 1. The topological polar surface area (TPSA) is 41.6 Å². The van der Waals surface area contributed by atoms with Gasteiger partial charge in [0.15, 0.2) is 0 Å². The lowest BCUT2D eigenvalue weighted by molar-refractivity contribution is -0.143. The summed E-state index contributed by atoms with van der Waals surface area (Å²) >= 11 is 0. The van der Waals surface area contributed by atoms with Gasteiger partial charge in [0.2, 0.25) is 0 Å². The van der Waals surface area contributed by atoms with E-state index in [1.807, 2.05) is 7.05 Å². The molecule has 2 atom stereocenters. The van der Waals surface area contributed by atoms with Crippen LogP contribution in [0.1, 0.15) is 25.7 Å². The quantitative estimate of drug-likeness (QED) is 0.687. The Morgan fingerprint density at radius 2 is 2.33 bits per heavy atom. The SMILES string of the molecule is CNCC1CCCCN1C1CCOC1=O. The third-order valence-corrected chi connectivity index (χ3v) is 3.42. The summed E-state index contributed by atoms with van der Waals surface area (Å²) in [5.41, 5.74) is 0. The van der Waals surface area contributed by atoms with E-state index in [0.29, 0.717) is 12.6 Å². The molecule has 2 rings (SSSR count). The molecule has 2 aliphatic heterocycles. The Morgan fingerprint density at radius 3 is 3.00 bits per heavy atom. The number of esters is 1. The first kappa shape index (κ1) is 10.9. The van der Waals surface area contributed by atoms with E-state index in [9.17, 15) is 4.79 Å². The van der Waals surface area contributed by atoms with E-state index in [1.165, 1.54) is 19.3 Å². The van der Waals surface area contributed by atoms with Crippen LogP contribution >= 0.6 is 0 Å². The van der Waals surface area contributed by atoms with Gasteiger partial charge in [-0.3, -0.25) is 9.69 Å². The molecule has 0 aromatic heterocycles. The fourth-order valence-corrected chi connectivity index (χ4v) is 2.67. The first-order chi connectivity index (χ1) is 7.33. The van der Waals surface area contributed by atoms with E-state index in [1.54, 1.807) is 0 Å². The van der Waals surface area contributed by atoms with E-state index < -0.39 is 0 Å². The maximum atomic E-state index is 11.5. The van der Waals surface area contributed by atoms with Gasteiger partial charge in [0.1, 0.15) is 6.04 Å². The molecule has 0 spiro atoms. The van der Waals surface area contributed by atoms with Crippen molar-refractivity contribution in [3.05, 3.63) is 0 Å². The summed E-state index contributed by atoms with van der Waals surface area (Å²) < 4.78 is 5.04. The van der Waals surface area contributed by atoms with Crippen molar-refractivity contribution in [1.29, 1.82) is 0 Å². The number of likely N-dealkylation sites (tertiary alicyclic amines) is 1. The highest BCUT2D eigenvalue weighted by Gasteiger charge is 2.36. The van der Waals surface area contributed by atoms with Crippen LogP contribution < -0.4 is 5.32 Å². The lowest BCUT2D eigenvalue weighted by Crippen LogP contribution is -2.51. The minimum absolute atomic E-state index is 0.0157. The highest BCUT2D eigenvalue weighted by molar-refractivity contribution is 5.77. The molecule has 0 amide bonds. The summed E-state index contributed by atoms with van der Waals surface area (Å²) in [7, 11) is 1.97. The number of piperidine rings is 1. The summed E-state index contributed by atoms with van der Waals surface area (Å²) in [6, 6.07) is 0.544. The fraction of sp³-hybridized carbons (Fsp3) is 0.909. The van der Waals surface area contributed by atoms with Crippen LogP contribution in [0.4, 0.5) is 0 Å². The van der Waals surface area contributed by atoms with Gasteiger partial charge in [0.25, 0.3) is 0 Å². The lowest BCUT2D eigenvalue weighted by atomic mass is 9.99. The Bertz CT molecular complexity index is 231. The molecule has 15 heavy (non-hydrogen) atoms. The molecule has 2 unspecified atom stereocenters. The number of hydrogen-bond donors (Lipinski definition) is 1. The van der Waals surface area contributed by atoms with E-state index in [0.717, 1.165) is 19.5 Å². The zero-order chi connectivity index (χ0) is 10.7. The van der Waals surface area contributed by atoms with Gasteiger partial charge in [0, 0.05) is 19.0 Å². The molecule has 2 aliphatic rings. The predicted molar refractivity (Wildman–Crippen MR) is 57.6 cm³/mol. The summed E-state index contributed by atoms with van der Waals surface area (Å²) in [5.74, 6) is -0.0157. The molecule has 2 heterocycles. The van der Waals surface area contributed by atoms with Crippen molar-refractivity contribution < 1.29 is 9.53 Å². The lowest BCUT2D eigenvalue weighted by Gasteiger charge is -2.38. The molecule has 0 saturated carbocycles. The van der Waals surface area contributed by atoms with Crippen molar-refractivity contribution in [1.82, 2.24) is 10.2 Å².